The van der Waals surface area contributed by atoms with E-state index in [2.05, 4.69) is 5.32 Å². The molecular formula is C18H31NO7. The molecule has 8 nitrogen and oxygen atoms in total. The summed E-state index contributed by atoms with van der Waals surface area (Å²) in [6.07, 6.45) is 1.82. The SMILES string of the molecule is CCC(=O)CCOCC(COCCC(C)=O)(COCCC(C)=O)NC=O. The van der Waals surface area contributed by atoms with E-state index in [0.29, 0.717) is 19.3 Å². The molecule has 0 saturated heterocycles. The Morgan fingerprint density at radius 1 is 0.846 bits per heavy atom. The molecule has 0 bridgehead atoms. The molecule has 1 N–H and O–H groups in total. The van der Waals surface area contributed by atoms with Crippen LogP contribution in [-0.2, 0) is 33.4 Å². The molecule has 1 amide bonds. The third kappa shape index (κ3) is 12.7. The molecule has 0 fully saturated rings. The number of hydrogen-bond acceptors (Lipinski definition) is 7. The highest BCUT2D eigenvalue weighted by atomic mass is 16.5. The lowest BCUT2D eigenvalue weighted by molar-refractivity contribution is -0.122. The molecule has 150 valence electrons. The van der Waals surface area contributed by atoms with Crippen LogP contribution < -0.4 is 5.32 Å². The first-order valence-electron chi connectivity index (χ1n) is 8.80. The van der Waals surface area contributed by atoms with Crippen LogP contribution in [-0.4, -0.2) is 68.9 Å². The largest absolute Gasteiger partial charge is 0.378 e. The van der Waals surface area contributed by atoms with Crippen molar-refractivity contribution in [1.82, 2.24) is 5.32 Å². The maximum Gasteiger partial charge on any atom is 0.207 e. The van der Waals surface area contributed by atoms with Gasteiger partial charge >= 0.3 is 0 Å². The van der Waals surface area contributed by atoms with Crippen LogP contribution in [0.1, 0.15) is 46.5 Å². The van der Waals surface area contributed by atoms with E-state index in [1.807, 2.05) is 0 Å². The number of ether oxygens (including phenoxy) is 3. The van der Waals surface area contributed by atoms with E-state index in [9.17, 15) is 19.2 Å². The Labute approximate surface area is 154 Å². The number of Topliss-reactive ketones (excluding diaryl/α,β-unsaturated/α-hetero) is 3. The Morgan fingerprint density at radius 2 is 1.27 bits per heavy atom. The number of rotatable bonds is 18. The fraction of sp³-hybridized carbons (Fsp3) is 0.778. The number of ketones is 3. The van der Waals surface area contributed by atoms with Gasteiger partial charge in [0.05, 0.1) is 39.6 Å². The molecule has 26 heavy (non-hydrogen) atoms. The van der Waals surface area contributed by atoms with E-state index < -0.39 is 5.54 Å². The molecular weight excluding hydrogens is 342 g/mol. The van der Waals surface area contributed by atoms with Crippen LogP contribution in [0.3, 0.4) is 0 Å². The maximum absolute atomic E-state index is 11.3. The van der Waals surface area contributed by atoms with Crippen molar-refractivity contribution < 1.29 is 33.4 Å². The Bertz CT molecular complexity index is 429. The van der Waals surface area contributed by atoms with Gasteiger partial charge in [0.25, 0.3) is 0 Å². The number of hydrogen-bond donors (Lipinski definition) is 1. The quantitative estimate of drug-likeness (QED) is 0.280. The molecule has 8 heteroatoms. The summed E-state index contributed by atoms with van der Waals surface area (Å²) in [5.41, 5.74) is -0.954. The van der Waals surface area contributed by atoms with Gasteiger partial charge in [-0.05, 0) is 13.8 Å². The summed E-state index contributed by atoms with van der Waals surface area (Å²) in [6, 6.07) is 0. The zero-order valence-corrected chi connectivity index (χ0v) is 16.0. The molecule has 0 heterocycles. The number of carbonyl (C=O) groups is 4. The molecule has 0 unspecified atom stereocenters. The van der Waals surface area contributed by atoms with Crippen LogP contribution >= 0.6 is 0 Å². The zero-order chi connectivity index (χ0) is 19.8. The summed E-state index contributed by atoms with van der Waals surface area (Å²) in [5.74, 6) is 0.103. The Kier molecular flexibility index (Phi) is 13.6. The molecule has 0 saturated carbocycles. The van der Waals surface area contributed by atoms with Crippen molar-refractivity contribution in [3.63, 3.8) is 0 Å². The van der Waals surface area contributed by atoms with Crippen molar-refractivity contribution in [2.45, 2.75) is 52.0 Å². The minimum Gasteiger partial charge on any atom is -0.378 e. The summed E-state index contributed by atoms with van der Waals surface area (Å²) in [7, 11) is 0. The molecule has 0 spiro atoms. The lowest BCUT2D eigenvalue weighted by atomic mass is 10.0. The Morgan fingerprint density at radius 3 is 1.62 bits per heavy atom. The molecule has 0 aliphatic heterocycles. The monoisotopic (exact) mass is 373 g/mol. The molecule has 0 atom stereocenters. The van der Waals surface area contributed by atoms with Crippen molar-refractivity contribution in [3.05, 3.63) is 0 Å². The molecule has 0 aromatic heterocycles. The molecule has 0 radical (unpaired) electrons. The summed E-state index contributed by atoms with van der Waals surface area (Å²) in [5, 5.41) is 2.66. The summed E-state index contributed by atoms with van der Waals surface area (Å²) >= 11 is 0. The second kappa shape index (κ2) is 14.5. The summed E-state index contributed by atoms with van der Waals surface area (Å²) < 4.78 is 16.6. The third-order valence-electron chi connectivity index (χ3n) is 3.62. The van der Waals surface area contributed by atoms with Gasteiger partial charge in [0, 0.05) is 25.7 Å². The van der Waals surface area contributed by atoms with Gasteiger partial charge in [0.2, 0.25) is 6.41 Å². The van der Waals surface area contributed by atoms with Crippen molar-refractivity contribution in [3.8, 4) is 0 Å². The highest BCUT2D eigenvalue weighted by Gasteiger charge is 2.31. The average molecular weight is 373 g/mol. The van der Waals surface area contributed by atoms with Crippen molar-refractivity contribution in [1.29, 1.82) is 0 Å². The first kappa shape index (κ1) is 24.4. The lowest BCUT2D eigenvalue weighted by Gasteiger charge is -2.32. The second-order valence-electron chi connectivity index (χ2n) is 6.25. The minimum absolute atomic E-state index is 0.00554. The second-order valence-corrected chi connectivity index (χ2v) is 6.25. The van der Waals surface area contributed by atoms with Gasteiger partial charge in [-0.3, -0.25) is 19.2 Å². The zero-order valence-electron chi connectivity index (χ0n) is 16.0. The molecule has 0 aliphatic carbocycles. The van der Waals surface area contributed by atoms with E-state index in [1.54, 1.807) is 6.92 Å². The van der Waals surface area contributed by atoms with E-state index in [1.165, 1.54) is 13.8 Å². The number of nitrogens with one attached hydrogen (secondary N) is 1. The Hall–Kier alpha value is -1.64. The maximum atomic E-state index is 11.3. The van der Waals surface area contributed by atoms with Gasteiger partial charge in [-0.2, -0.15) is 0 Å². The van der Waals surface area contributed by atoms with Gasteiger partial charge in [0.15, 0.2) is 0 Å². The predicted octanol–water partition coefficient (Wildman–Crippen LogP) is 0.848. The van der Waals surface area contributed by atoms with Crippen LogP contribution in [0.25, 0.3) is 0 Å². The predicted molar refractivity (Wildman–Crippen MR) is 94.9 cm³/mol. The molecule has 0 aromatic carbocycles. The number of carbonyl (C=O) groups excluding carboxylic acids is 4. The Balaban J connectivity index is 4.67. The number of amides is 1. The minimum atomic E-state index is -0.954. The van der Waals surface area contributed by atoms with Gasteiger partial charge in [0.1, 0.15) is 22.9 Å². The first-order valence-corrected chi connectivity index (χ1v) is 8.80. The van der Waals surface area contributed by atoms with Gasteiger partial charge in [-0.15, -0.1) is 0 Å². The van der Waals surface area contributed by atoms with Crippen LogP contribution in [0.2, 0.25) is 0 Å². The third-order valence-corrected chi connectivity index (χ3v) is 3.62. The van der Waals surface area contributed by atoms with Gasteiger partial charge in [-0.25, -0.2) is 0 Å². The highest BCUT2D eigenvalue weighted by molar-refractivity contribution is 5.78. The van der Waals surface area contributed by atoms with E-state index in [-0.39, 0.29) is 69.8 Å². The summed E-state index contributed by atoms with van der Waals surface area (Å²) in [4.78, 5) is 44.4. The lowest BCUT2D eigenvalue weighted by Crippen LogP contribution is -2.56. The van der Waals surface area contributed by atoms with Crippen molar-refractivity contribution in [2.75, 3.05) is 39.6 Å². The van der Waals surface area contributed by atoms with Crippen molar-refractivity contribution >= 4 is 23.8 Å². The fourth-order valence-corrected chi connectivity index (χ4v) is 1.97. The van der Waals surface area contributed by atoms with Crippen LogP contribution in [0.5, 0.6) is 0 Å². The molecule has 0 aromatic rings. The van der Waals surface area contributed by atoms with Gasteiger partial charge < -0.3 is 19.5 Å². The fourth-order valence-electron chi connectivity index (χ4n) is 1.97. The van der Waals surface area contributed by atoms with Gasteiger partial charge in [-0.1, -0.05) is 6.92 Å². The topological polar surface area (TPSA) is 108 Å². The molecule has 0 rings (SSSR count). The normalized spacial score (nSPS) is 11.2. The van der Waals surface area contributed by atoms with Crippen LogP contribution in [0, 0.1) is 0 Å². The standard InChI is InChI=1S/C18H31NO7/c1-4-17(23)7-10-26-13-18(19-14-20,11-24-8-5-15(2)21)12-25-9-6-16(3)22/h14H,4-13H2,1-3H3,(H,19,20). The van der Waals surface area contributed by atoms with E-state index in [0.717, 1.165) is 0 Å². The summed E-state index contributed by atoms with van der Waals surface area (Å²) in [6.45, 7) is 5.66. The van der Waals surface area contributed by atoms with E-state index in [4.69, 9.17) is 14.2 Å². The highest BCUT2D eigenvalue weighted by Crippen LogP contribution is 2.09. The van der Waals surface area contributed by atoms with E-state index >= 15 is 0 Å². The average Bonchev–Trinajstić information content (AvgIpc) is 2.59. The first-order chi connectivity index (χ1) is 12.3. The van der Waals surface area contributed by atoms with Crippen LogP contribution in [0.15, 0.2) is 0 Å². The smallest absolute Gasteiger partial charge is 0.207 e. The van der Waals surface area contributed by atoms with Crippen molar-refractivity contribution in [2.24, 2.45) is 0 Å². The molecule has 0 aliphatic rings. The van der Waals surface area contributed by atoms with Crippen LogP contribution in [0.4, 0.5) is 0 Å².